The molecule has 1 saturated carbocycles. The van der Waals surface area contributed by atoms with Gasteiger partial charge in [0.25, 0.3) is 0 Å². The highest BCUT2D eigenvalue weighted by atomic mass is 32.2. The first-order valence-corrected chi connectivity index (χ1v) is 15.5. The van der Waals surface area contributed by atoms with Gasteiger partial charge < -0.3 is 14.6 Å². The van der Waals surface area contributed by atoms with Crippen LogP contribution in [0.1, 0.15) is 32.1 Å². The number of benzene rings is 1. The van der Waals surface area contributed by atoms with Crippen LogP contribution < -0.4 is 14.8 Å². The number of nitrogens with one attached hydrogen (secondary N) is 2. The Hall–Kier alpha value is -2.70. The highest BCUT2D eigenvalue weighted by Crippen LogP contribution is 2.29. The summed E-state index contributed by atoms with van der Waals surface area (Å²) in [5.41, 5.74) is 0.919. The molecule has 10 nitrogen and oxygen atoms in total. The van der Waals surface area contributed by atoms with Crippen LogP contribution >= 0.6 is 0 Å². The fraction of sp³-hybridized carbons (Fsp3) is 0.478. The van der Waals surface area contributed by atoms with E-state index in [0.29, 0.717) is 30.5 Å². The zero-order valence-corrected chi connectivity index (χ0v) is 21.5. The molecule has 0 spiro atoms. The number of anilines is 1. The second kappa shape index (κ2) is 10.5. The Morgan fingerprint density at radius 2 is 1.77 bits per heavy atom. The SMILES string of the molecule is CS(=O)(=O)CCCOc1cccc2c1ccn2-c1ccnc(NC2CCC(NS(C)(=O)=O)CC2)n1. The highest BCUT2D eigenvalue weighted by Gasteiger charge is 2.23. The van der Waals surface area contributed by atoms with Crippen LogP contribution in [0.2, 0.25) is 0 Å². The Balaban J connectivity index is 1.43. The molecule has 1 fully saturated rings. The Labute approximate surface area is 206 Å². The lowest BCUT2D eigenvalue weighted by Crippen LogP contribution is -2.39. The lowest BCUT2D eigenvalue weighted by atomic mass is 9.92. The van der Waals surface area contributed by atoms with Crippen LogP contribution in [0.15, 0.2) is 42.7 Å². The van der Waals surface area contributed by atoms with E-state index in [1.807, 2.05) is 41.1 Å². The van der Waals surface area contributed by atoms with Gasteiger partial charge in [-0.25, -0.2) is 26.5 Å². The van der Waals surface area contributed by atoms with Crippen molar-refractivity contribution in [2.24, 2.45) is 0 Å². The third-order valence-corrected chi connectivity index (χ3v) is 7.73. The number of ether oxygens (including phenoxy) is 1. The summed E-state index contributed by atoms with van der Waals surface area (Å²) in [6.45, 7) is 0.320. The van der Waals surface area contributed by atoms with Crippen molar-refractivity contribution in [2.75, 3.05) is 30.2 Å². The zero-order valence-electron chi connectivity index (χ0n) is 19.8. The smallest absolute Gasteiger partial charge is 0.224 e. The molecule has 0 bridgehead atoms. The number of hydrogen-bond acceptors (Lipinski definition) is 8. The van der Waals surface area contributed by atoms with E-state index in [4.69, 9.17) is 9.72 Å². The van der Waals surface area contributed by atoms with Gasteiger partial charge >= 0.3 is 0 Å². The van der Waals surface area contributed by atoms with E-state index < -0.39 is 19.9 Å². The van der Waals surface area contributed by atoms with E-state index in [-0.39, 0.29) is 17.8 Å². The third-order valence-electron chi connectivity index (χ3n) is 5.94. The summed E-state index contributed by atoms with van der Waals surface area (Å²) < 4.78 is 56.1. The maximum absolute atomic E-state index is 11.5. The van der Waals surface area contributed by atoms with Crippen molar-refractivity contribution in [1.29, 1.82) is 0 Å². The second-order valence-corrected chi connectivity index (χ2v) is 13.1. The molecule has 12 heteroatoms. The molecule has 1 aromatic carbocycles. The maximum atomic E-state index is 11.5. The molecule has 0 aliphatic heterocycles. The third kappa shape index (κ3) is 7.15. The fourth-order valence-electron chi connectivity index (χ4n) is 4.36. The van der Waals surface area contributed by atoms with Gasteiger partial charge in [-0.3, -0.25) is 0 Å². The molecule has 0 unspecified atom stereocenters. The summed E-state index contributed by atoms with van der Waals surface area (Å²) in [4.78, 5) is 9.06. The molecule has 0 saturated heterocycles. The molecule has 2 heterocycles. The van der Waals surface area contributed by atoms with Crippen LogP contribution in [0.3, 0.4) is 0 Å². The molecule has 0 amide bonds. The molecule has 190 valence electrons. The Morgan fingerprint density at radius 3 is 2.49 bits per heavy atom. The van der Waals surface area contributed by atoms with Crippen LogP contribution in [-0.2, 0) is 19.9 Å². The number of sulfone groups is 1. The van der Waals surface area contributed by atoms with Gasteiger partial charge in [-0.15, -0.1) is 0 Å². The lowest BCUT2D eigenvalue weighted by Gasteiger charge is -2.29. The van der Waals surface area contributed by atoms with Crippen molar-refractivity contribution in [3.63, 3.8) is 0 Å². The normalized spacial score (nSPS) is 19.0. The van der Waals surface area contributed by atoms with Crippen LogP contribution in [-0.4, -0.2) is 68.3 Å². The standard InChI is InChI=1S/C23H31N5O5S2/c1-34(29,30)16-4-15-33-21-6-3-5-20-19(21)12-14-28(20)22-11-13-24-23(26-22)25-17-7-9-18(10-8-17)27-35(2,31)32/h3,5-6,11-14,17-18,27H,4,7-10,15-16H2,1-2H3,(H,24,25,26). The molecule has 0 radical (unpaired) electrons. The largest absolute Gasteiger partial charge is 0.493 e. The van der Waals surface area contributed by atoms with Gasteiger partial charge in [0.2, 0.25) is 16.0 Å². The Kier molecular flexibility index (Phi) is 7.62. The minimum absolute atomic E-state index is 0.0238. The van der Waals surface area contributed by atoms with Crippen LogP contribution in [0.4, 0.5) is 5.95 Å². The number of fused-ring (bicyclic) bond motifs is 1. The number of sulfonamides is 1. The average molecular weight is 522 g/mol. The summed E-state index contributed by atoms with van der Waals surface area (Å²) in [7, 11) is -6.21. The molecule has 1 aliphatic rings. The van der Waals surface area contributed by atoms with Crippen molar-refractivity contribution >= 4 is 36.7 Å². The molecule has 2 N–H and O–H groups in total. The number of aromatic nitrogens is 3. The van der Waals surface area contributed by atoms with E-state index in [0.717, 1.165) is 36.6 Å². The molecule has 3 aromatic rings. The quantitative estimate of drug-likeness (QED) is 0.389. The summed E-state index contributed by atoms with van der Waals surface area (Å²) in [6, 6.07) is 9.68. The minimum atomic E-state index is -3.20. The van der Waals surface area contributed by atoms with Crippen molar-refractivity contribution in [1.82, 2.24) is 19.3 Å². The van der Waals surface area contributed by atoms with Crippen molar-refractivity contribution < 1.29 is 21.6 Å². The van der Waals surface area contributed by atoms with E-state index in [1.165, 1.54) is 12.5 Å². The summed E-state index contributed by atoms with van der Waals surface area (Å²) in [5, 5.41) is 4.30. The van der Waals surface area contributed by atoms with E-state index in [9.17, 15) is 16.8 Å². The van der Waals surface area contributed by atoms with Gasteiger partial charge in [-0.05, 0) is 56.4 Å². The predicted molar refractivity (Wildman–Crippen MR) is 136 cm³/mol. The molecule has 1 aliphatic carbocycles. The maximum Gasteiger partial charge on any atom is 0.224 e. The van der Waals surface area contributed by atoms with Crippen LogP contribution in [0.25, 0.3) is 16.7 Å². The molecular weight excluding hydrogens is 490 g/mol. The topological polar surface area (TPSA) is 132 Å². The average Bonchev–Trinajstić information content (AvgIpc) is 3.22. The van der Waals surface area contributed by atoms with E-state index in [2.05, 4.69) is 15.0 Å². The fourth-order valence-corrected chi connectivity index (χ4v) is 5.85. The highest BCUT2D eigenvalue weighted by molar-refractivity contribution is 7.90. The number of hydrogen-bond donors (Lipinski definition) is 2. The predicted octanol–water partition coefficient (Wildman–Crippen LogP) is 2.51. The molecule has 4 rings (SSSR count). The molecule has 2 aromatic heterocycles. The first-order chi connectivity index (χ1) is 16.6. The first kappa shape index (κ1) is 25.4. The zero-order chi connectivity index (χ0) is 25.1. The summed E-state index contributed by atoms with van der Waals surface area (Å²) >= 11 is 0. The number of rotatable bonds is 10. The lowest BCUT2D eigenvalue weighted by molar-refractivity contribution is 0.321. The Bertz CT molecular complexity index is 1380. The van der Waals surface area contributed by atoms with Crippen molar-refractivity contribution in [3.05, 3.63) is 42.7 Å². The second-order valence-electron chi connectivity index (χ2n) is 9.03. The monoisotopic (exact) mass is 521 g/mol. The molecular formula is C23H31N5O5S2. The van der Waals surface area contributed by atoms with Gasteiger partial charge in [-0.1, -0.05) is 6.07 Å². The molecule has 35 heavy (non-hydrogen) atoms. The number of nitrogens with zero attached hydrogens (tertiary/aromatic N) is 3. The first-order valence-electron chi connectivity index (χ1n) is 11.6. The van der Waals surface area contributed by atoms with Gasteiger partial charge in [-0.2, -0.15) is 4.98 Å². The van der Waals surface area contributed by atoms with Crippen LogP contribution in [0, 0.1) is 0 Å². The van der Waals surface area contributed by atoms with Gasteiger partial charge in [0.1, 0.15) is 21.4 Å². The van der Waals surface area contributed by atoms with Gasteiger partial charge in [0, 0.05) is 36.1 Å². The van der Waals surface area contributed by atoms with Crippen molar-refractivity contribution in [3.8, 4) is 11.6 Å². The van der Waals surface area contributed by atoms with E-state index >= 15 is 0 Å². The van der Waals surface area contributed by atoms with E-state index in [1.54, 1.807) is 6.20 Å². The van der Waals surface area contributed by atoms with Crippen LogP contribution in [0.5, 0.6) is 5.75 Å². The molecule has 0 atom stereocenters. The minimum Gasteiger partial charge on any atom is -0.493 e. The Morgan fingerprint density at radius 1 is 1.03 bits per heavy atom. The summed E-state index contributed by atoms with van der Waals surface area (Å²) in [6.07, 6.45) is 9.65. The van der Waals surface area contributed by atoms with Gasteiger partial charge in [0.15, 0.2) is 0 Å². The van der Waals surface area contributed by atoms with Crippen molar-refractivity contribution in [2.45, 2.75) is 44.2 Å². The van der Waals surface area contributed by atoms with Gasteiger partial charge in [0.05, 0.1) is 24.1 Å². The summed E-state index contributed by atoms with van der Waals surface area (Å²) in [5.74, 6) is 2.02.